The quantitative estimate of drug-likeness (QED) is 0.0197. The first-order valence-corrected chi connectivity index (χ1v) is 32.3. The van der Waals surface area contributed by atoms with Crippen LogP contribution in [0.25, 0.3) is 0 Å². The number of carbonyl (C=O) groups is 3. The van der Waals surface area contributed by atoms with Gasteiger partial charge < -0.3 is 24.2 Å². The molecular weight excluding hydrogens is 1000 g/mol. The lowest BCUT2D eigenvalue weighted by molar-refractivity contribution is -0.161. The zero-order chi connectivity index (χ0) is 56.9. The van der Waals surface area contributed by atoms with Crippen LogP contribution in [0.3, 0.4) is 0 Å². The second kappa shape index (κ2) is 59.3. The number of hydrogen-bond acceptors (Lipinski definition) is 10. The van der Waals surface area contributed by atoms with Crippen molar-refractivity contribution in [3.63, 3.8) is 0 Å². The molecule has 3 atom stereocenters. The van der Waals surface area contributed by atoms with Gasteiger partial charge in [-0.3, -0.25) is 23.4 Å². The molecule has 78 heavy (non-hydrogen) atoms. The molecule has 0 aliphatic heterocycles. The average molecular weight is 1110 g/mol. The van der Waals surface area contributed by atoms with Crippen LogP contribution in [0.15, 0.2) is 109 Å². The number of carbonyl (C=O) groups excluding carboxylic acids is 3. The minimum absolute atomic E-state index is 0.131. The molecule has 0 radical (unpaired) electrons. The third-order valence-electron chi connectivity index (χ3n) is 12.7. The van der Waals surface area contributed by atoms with E-state index in [1.54, 1.807) is 0 Å². The van der Waals surface area contributed by atoms with Gasteiger partial charge in [0.15, 0.2) is 6.10 Å². The van der Waals surface area contributed by atoms with Gasteiger partial charge in [-0.05, 0) is 122 Å². The third kappa shape index (κ3) is 56.8. The van der Waals surface area contributed by atoms with Crippen LogP contribution in [0.5, 0.6) is 0 Å². The molecule has 446 valence electrons. The highest BCUT2D eigenvalue weighted by molar-refractivity contribution is 7.47. The number of phosphoric ester groups is 1. The van der Waals surface area contributed by atoms with Gasteiger partial charge in [-0.25, -0.2) is 4.57 Å². The average Bonchev–Trinajstić information content (AvgIpc) is 3.43. The van der Waals surface area contributed by atoms with Gasteiger partial charge in [-0.2, -0.15) is 0 Å². The molecule has 0 rings (SSSR count). The summed E-state index contributed by atoms with van der Waals surface area (Å²) < 4.78 is 39.6. The summed E-state index contributed by atoms with van der Waals surface area (Å²) in [4.78, 5) is 48.7. The molecular formula is C66H111O11P. The predicted molar refractivity (Wildman–Crippen MR) is 325 cm³/mol. The lowest BCUT2D eigenvalue weighted by atomic mass is 10.1. The first-order chi connectivity index (χ1) is 38.2. The van der Waals surface area contributed by atoms with E-state index in [2.05, 4.69) is 130 Å². The lowest BCUT2D eigenvalue weighted by Gasteiger charge is -2.21. The molecule has 12 heteroatoms. The Bertz CT molecular complexity index is 1720. The van der Waals surface area contributed by atoms with Crippen molar-refractivity contribution in [1.29, 1.82) is 0 Å². The van der Waals surface area contributed by atoms with Crippen molar-refractivity contribution in [3.8, 4) is 0 Å². The highest BCUT2D eigenvalue weighted by Gasteiger charge is 2.28. The lowest BCUT2D eigenvalue weighted by Crippen LogP contribution is -2.30. The summed E-state index contributed by atoms with van der Waals surface area (Å²) in [5.74, 6) is -1.52. The number of hydrogen-bond donors (Lipinski definition) is 2. The van der Waals surface area contributed by atoms with Crippen molar-refractivity contribution in [2.45, 2.75) is 264 Å². The zero-order valence-electron chi connectivity index (χ0n) is 49.3. The van der Waals surface area contributed by atoms with Crippen LogP contribution in [0, 0.1) is 0 Å². The van der Waals surface area contributed by atoms with E-state index in [-0.39, 0.29) is 25.9 Å². The van der Waals surface area contributed by atoms with Crippen LogP contribution in [0.4, 0.5) is 0 Å². The van der Waals surface area contributed by atoms with Crippen LogP contribution in [-0.4, -0.2) is 66.5 Å². The van der Waals surface area contributed by atoms with E-state index in [4.69, 9.17) is 23.3 Å². The van der Waals surface area contributed by atoms with Crippen LogP contribution >= 0.6 is 7.82 Å². The van der Waals surface area contributed by atoms with E-state index in [0.29, 0.717) is 19.3 Å². The summed E-state index contributed by atoms with van der Waals surface area (Å²) in [5.41, 5.74) is 0. The SMILES string of the molecule is CC/C=C\C/C=C\C/C=C\C/C=C\CCCCCCCCC(=O)OCC(COP(=O)(O)OCC(CO)OC(=O)CCCCCCC/C=C\CCCCCCCC)OC(=O)CCCCCC/C=C\C/C=C\C/C=C\C/C=C\CC. The third-order valence-corrected chi connectivity index (χ3v) is 13.6. The molecule has 0 aliphatic rings. The molecule has 0 aliphatic carbocycles. The highest BCUT2D eigenvalue weighted by atomic mass is 31.2. The van der Waals surface area contributed by atoms with Gasteiger partial charge in [0.1, 0.15) is 12.7 Å². The first-order valence-electron chi connectivity index (χ1n) is 30.8. The normalized spacial score (nSPS) is 14.1. The second-order valence-corrected chi connectivity index (χ2v) is 21.6. The van der Waals surface area contributed by atoms with Crippen LogP contribution in [0.2, 0.25) is 0 Å². The van der Waals surface area contributed by atoms with E-state index in [1.165, 1.54) is 38.5 Å². The Morgan fingerprint density at radius 3 is 1.04 bits per heavy atom. The summed E-state index contributed by atoms with van der Waals surface area (Å²) in [6.07, 6.45) is 71.8. The Balaban J connectivity index is 4.79. The van der Waals surface area contributed by atoms with Gasteiger partial charge in [-0.15, -0.1) is 0 Å². The number of allylic oxidation sites excluding steroid dienone is 18. The van der Waals surface area contributed by atoms with Crippen molar-refractivity contribution in [2.24, 2.45) is 0 Å². The summed E-state index contributed by atoms with van der Waals surface area (Å²) in [6, 6.07) is 0. The number of unbranched alkanes of at least 4 members (excludes halogenated alkanes) is 21. The van der Waals surface area contributed by atoms with E-state index >= 15 is 0 Å². The fourth-order valence-electron chi connectivity index (χ4n) is 8.04. The molecule has 0 spiro atoms. The van der Waals surface area contributed by atoms with Crippen molar-refractivity contribution < 1.29 is 52.2 Å². The summed E-state index contributed by atoms with van der Waals surface area (Å²) >= 11 is 0. The molecule has 3 unspecified atom stereocenters. The van der Waals surface area contributed by atoms with Gasteiger partial charge in [0.2, 0.25) is 0 Å². The molecule has 0 amide bonds. The minimum atomic E-state index is -4.77. The molecule has 11 nitrogen and oxygen atoms in total. The molecule has 0 aromatic heterocycles. The molecule has 0 aromatic carbocycles. The number of phosphoric acid groups is 1. The van der Waals surface area contributed by atoms with Gasteiger partial charge in [0, 0.05) is 19.3 Å². The van der Waals surface area contributed by atoms with E-state index in [0.717, 1.165) is 154 Å². The molecule has 0 fully saturated rings. The largest absolute Gasteiger partial charge is 0.472 e. The molecule has 0 aromatic rings. The zero-order valence-corrected chi connectivity index (χ0v) is 50.2. The maximum Gasteiger partial charge on any atom is 0.472 e. The van der Waals surface area contributed by atoms with E-state index in [1.807, 2.05) is 0 Å². The molecule has 0 heterocycles. The molecule has 2 N–H and O–H groups in total. The number of ether oxygens (including phenoxy) is 3. The fourth-order valence-corrected chi connectivity index (χ4v) is 8.82. The molecule has 0 saturated carbocycles. The monoisotopic (exact) mass is 1110 g/mol. The van der Waals surface area contributed by atoms with Crippen molar-refractivity contribution in [1.82, 2.24) is 0 Å². The van der Waals surface area contributed by atoms with Crippen LogP contribution in [0.1, 0.15) is 252 Å². The van der Waals surface area contributed by atoms with E-state index < -0.39 is 57.8 Å². The minimum Gasteiger partial charge on any atom is -0.462 e. The second-order valence-electron chi connectivity index (χ2n) is 20.1. The maximum absolute atomic E-state index is 12.9. The van der Waals surface area contributed by atoms with Crippen molar-refractivity contribution in [3.05, 3.63) is 109 Å². The van der Waals surface area contributed by atoms with Crippen LogP contribution in [-0.2, 0) is 42.2 Å². The Hall–Kier alpha value is -3.86. The molecule has 0 saturated heterocycles. The van der Waals surface area contributed by atoms with Gasteiger partial charge in [0.05, 0.1) is 19.8 Å². The number of esters is 3. The van der Waals surface area contributed by atoms with Gasteiger partial charge in [-0.1, -0.05) is 220 Å². The van der Waals surface area contributed by atoms with Crippen molar-refractivity contribution in [2.75, 3.05) is 26.4 Å². The van der Waals surface area contributed by atoms with Crippen molar-refractivity contribution >= 4 is 25.7 Å². The number of rotatable bonds is 56. The van der Waals surface area contributed by atoms with E-state index in [9.17, 15) is 28.9 Å². The predicted octanol–water partition coefficient (Wildman–Crippen LogP) is 18.6. The number of aliphatic hydroxyl groups is 1. The summed E-state index contributed by atoms with van der Waals surface area (Å²) in [7, 11) is -4.77. The topological polar surface area (TPSA) is 155 Å². The number of aliphatic hydroxyl groups excluding tert-OH is 1. The maximum atomic E-state index is 12.9. The fraction of sp³-hybridized carbons (Fsp3) is 0.682. The van der Waals surface area contributed by atoms with Gasteiger partial charge >= 0.3 is 25.7 Å². The Morgan fingerprint density at radius 2 is 0.667 bits per heavy atom. The molecule has 0 bridgehead atoms. The first kappa shape index (κ1) is 74.1. The highest BCUT2D eigenvalue weighted by Crippen LogP contribution is 2.43. The summed E-state index contributed by atoms with van der Waals surface area (Å²) in [6.45, 7) is 4.37. The smallest absolute Gasteiger partial charge is 0.462 e. The Morgan fingerprint density at radius 1 is 0.372 bits per heavy atom. The van der Waals surface area contributed by atoms with Crippen LogP contribution < -0.4 is 0 Å². The van der Waals surface area contributed by atoms with Gasteiger partial charge in [0.25, 0.3) is 0 Å². The standard InChI is InChI=1S/C66H111O11P/c1-4-7-10-13-16-19-22-25-28-30-31-33-35-37-40-43-46-49-52-55-64(68)73-59-63(77-66(70)57-54-51-48-45-42-39-36-32-29-26-23-20-17-14-11-8-5-2)61-75-78(71,72)74-60-62(58-67)76-65(69)56-53-50-47-44-41-38-34-27-24-21-18-15-12-9-6-3/h7-8,10-11,16-17,19-20,25-29,31,33-34,36,39,62-63,67H,4-6,9,12-15,18,21-24,30,32,35,37-38,40-61H2,1-3H3,(H,71,72)/b10-7-,11-8-,19-16-,20-17-,28-25-,29-26-,33-31-,34-27-,39-36-. The Kier molecular flexibility index (Phi) is 56.3. The summed E-state index contributed by atoms with van der Waals surface area (Å²) in [5, 5.41) is 9.84. The Labute approximate surface area is 475 Å².